The van der Waals surface area contributed by atoms with E-state index in [1.165, 1.54) is 18.2 Å². The summed E-state index contributed by atoms with van der Waals surface area (Å²) in [5.74, 6) is -2.55. The molecule has 0 saturated carbocycles. The van der Waals surface area contributed by atoms with Gasteiger partial charge in [-0.3, -0.25) is 19.2 Å². The van der Waals surface area contributed by atoms with Gasteiger partial charge >= 0.3 is 5.97 Å². The monoisotopic (exact) mass is 604 g/mol. The number of hydrogen-bond donors (Lipinski definition) is 0. The molecule has 0 radical (unpaired) electrons. The van der Waals surface area contributed by atoms with Gasteiger partial charge in [-0.05, 0) is 55.7 Å². The number of imide groups is 1. The zero-order valence-electron chi connectivity index (χ0n) is 20.9. The molecule has 39 heavy (non-hydrogen) atoms. The van der Waals surface area contributed by atoms with Crippen molar-refractivity contribution in [1.82, 2.24) is 0 Å². The van der Waals surface area contributed by atoms with E-state index in [1.807, 2.05) is 32.0 Å². The quantitative estimate of drug-likeness (QED) is 0.105. The molecule has 0 unspecified atom stereocenters. The first kappa shape index (κ1) is 27.5. The average Bonchev–Trinajstić information content (AvgIpc) is 3.38. The number of esters is 1. The van der Waals surface area contributed by atoms with Crippen molar-refractivity contribution >= 4 is 81.5 Å². The SMILES string of the molecule is Cc1cc(OC(=O)[C@@H]2CC(=O)N(c3c(C)cccc3C)C2)ccc1N1C(=O)c2c(Cl)c(Cl)c(Cl)c(Cl)c2C1=O. The van der Waals surface area contributed by atoms with Crippen LogP contribution in [0.4, 0.5) is 11.4 Å². The van der Waals surface area contributed by atoms with Gasteiger partial charge in [-0.1, -0.05) is 64.6 Å². The van der Waals surface area contributed by atoms with E-state index in [9.17, 15) is 19.2 Å². The van der Waals surface area contributed by atoms with Crippen molar-refractivity contribution in [2.24, 2.45) is 5.92 Å². The molecule has 3 amide bonds. The first-order valence-corrected chi connectivity index (χ1v) is 13.4. The summed E-state index contributed by atoms with van der Waals surface area (Å²) in [4.78, 5) is 54.7. The highest BCUT2D eigenvalue weighted by Crippen LogP contribution is 2.46. The van der Waals surface area contributed by atoms with Crippen LogP contribution in [-0.4, -0.2) is 30.2 Å². The van der Waals surface area contributed by atoms with Crippen molar-refractivity contribution in [3.63, 3.8) is 0 Å². The molecule has 0 aliphatic carbocycles. The van der Waals surface area contributed by atoms with Crippen LogP contribution in [0.3, 0.4) is 0 Å². The maximum Gasteiger partial charge on any atom is 0.316 e. The van der Waals surface area contributed by atoms with Crippen LogP contribution in [0, 0.1) is 26.7 Å². The maximum absolute atomic E-state index is 13.2. The number of nitrogens with zero attached hydrogens (tertiary/aromatic N) is 2. The largest absolute Gasteiger partial charge is 0.426 e. The number of halogens is 4. The predicted molar refractivity (Wildman–Crippen MR) is 151 cm³/mol. The lowest BCUT2D eigenvalue weighted by Gasteiger charge is -2.21. The van der Waals surface area contributed by atoms with Crippen molar-refractivity contribution in [2.75, 3.05) is 16.3 Å². The third kappa shape index (κ3) is 4.47. The Balaban J connectivity index is 1.36. The molecule has 0 bridgehead atoms. The Morgan fingerprint density at radius 2 is 1.38 bits per heavy atom. The Kier molecular flexibility index (Phi) is 7.14. The zero-order valence-corrected chi connectivity index (χ0v) is 23.9. The van der Waals surface area contributed by atoms with Crippen LogP contribution >= 0.6 is 46.4 Å². The molecule has 1 atom stereocenters. The first-order chi connectivity index (χ1) is 18.4. The zero-order chi connectivity index (χ0) is 28.3. The van der Waals surface area contributed by atoms with Gasteiger partial charge in [-0.15, -0.1) is 0 Å². The molecule has 200 valence electrons. The molecular formula is C28H20Cl4N2O5. The molecule has 0 N–H and O–H groups in total. The lowest BCUT2D eigenvalue weighted by molar-refractivity contribution is -0.139. The number of ether oxygens (including phenoxy) is 1. The van der Waals surface area contributed by atoms with E-state index < -0.39 is 23.7 Å². The molecule has 2 heterocycles. The van der Waals surface area contributed by atoms with Gasteiger partial charge in [0.1, 0.15) is 5.75 Å². The molecule has 11 heteroatoms. The van der Waals surface area contributed by atoms with E-state index in [2.05, 4.69) is 0 Å². The Morgan fingerprint density at radius 3 is 1.92 bits per heavy atom. The Labute approximate surface area is 244 Å². The van der Waals surface area contributed by atoms with Gasteiger partial charge in [0.05, 0.1) is 42.8 Å². The smallest absolute Gasteiger partial charge is 0.316 e. The highest BCUT2D eigenvalue weighted by atomic mass is 35.5. The van der Waals surface area contributed by atoms with Gasteiger partial charge in [0.25, 0.3) is 11.8 Å². The van der Waals surface area contributed by atoms with E-state index in [4.69, 9.17) is 51.1 Å². The summed E-state index contributed by atoms with van der Waals surface area (Å²) in [7, 11) is 0. The van der Waals surface area contributed by atoms with Crippen LogP contribution < -0.4 is 14.5 Å². The molecule has 2 aliphatic rings. The van der Waals surface area contributed by atoms with Crippen LogP contribution in [0.15, 0.2) is 36.4 Å². The van der Waals surface area contributed by atoms with Crippen LogP contribution in [0.1, 0.15) is 43.8 Å². The number of fused-ring (bicyclic) bond motifs is 1. The van der Waals surface area contributed by atoms with E-state index in [0.717, 1.165) is 21.7 Å². The van der Waals surface area contributed by atoms with Crippen molar-refractivity contribution in [3.8, 4) is 5.75 Å². The molecule has 7 nitrogen and oxygen atoms in total. The number of amides is 3. The van der Waals surface area contributed by atoms with Gasteiger partial charge in [0.2, 0.25) is 5.91 Å². The average molecular weight is 606 g/mol. The number of aryl methyl sites for hydroxylation is 3. The summed E-state index contributed by atoms with van der Waals surface area (Å²) in [6.45, 7) is 5.71. The number of rotatable bonds is 4. The van der Waals surface area contributed by atoms with Gasteiger partial charge in [0, 0.05) is 18.7 Å². The van der Waals surface area contributed by atoms with Crippen LogP contribution in [0.2, 0.25) is 20.1 Å². The third-order valence-electron chi connectivity index (χ3n) is 6.90. The molecule has 3 aromatic rings. The van der Waals surface area contributed by atoms with Crippen LogP contribution in [0.5, 0.6) is 5.75 Å². The van der Waals surface area contributed by atoms with E-state index in [0.29, 0.717) is 5.56 Å². The summed E-state index contributed by atoms with van der Waals surface area (Å²) in [6, 6.07) is 10.2. The van der Waals surface area contributed by atoms with E-state index in [-0.39, 0.29) is 61.5 Å². The van der Waals surface area contributed by atoms with Crippen molar-refractivity contribution in [2.45, 2.75) is 27.2 Å². The van der Waals surface area contributed by atoms with Crippen LogP contribution in [0.25, 0.3) is 0 Å². The van der Waals surface area contributed by atoms with Gasteiger partial charge in [0.15, 0.2) is 0 Å². The number of benzene rings is 3. The predicted octanol–water partition coefficient (Wildman–Crippen LogP) is 6.98. The molecular weight excluding hydrogens is 586 g/mol. The molecule has 3 aromatic carbocycles. The number of para-hydroxylation sites is 1. The summed E-state index contributed by atoms with van der Waals surface area (Å²) in [6.07, 6.45) is 0.0331. The minimum atomic E-state index is -0.704. The Hall–Kier alpha value is -3.10. The number of carbonyl (C=O) groups excluding carboxylic acids is 4. The lowest BCUT2D eigenvalue weighted by atomic mass is 10.1. The van der Waals surface area contributed by atoms with E-state index >= 15 is 0 Å². The van der Waals surface area contributed by atoms with Crippen molar-refractivity contribution in [1.29, 1.82) is 0 Å². The second-order valence-corrected chi connectivity index (χ2v) is 11.0. The van der Waals surface area contributed by atoms with Crippen LogP contribution in [-0.2, 0) is 9.59 Å². The van der Waals surface area contributed by atoms with E-state index in [1.54, 1.807) is 11.8 Å². The van der Waals surface area contributed by atoms with Gasteiger partial charge < -0.3 is 9.64 Å². The molecule has 0 spiro atoms. The summed E-state index contributed by atoms with van der Waals surface area (Å²) < 4.78 is 5.59. The molecule has 2 aliphatic heterocycles. The third-order valence-corrected chi connectivity index (χ3v) is 8.70. The first-order valence-electron chi connectivity index (χ1n) is 11.9. The summed E-state index contributed by atoms with van der Waals surface area (Å²) >= 11 is 24.6. The fraction of sp³-hybridized carbons (Fsp3) is 0.214. The number of anilines is 2. The topological polar surface area (TPSA) is 84.0 Å². The lowest BCUT2D eigenvalue weighted by Crippen LogP contribution is -2.30. The minimum absolute atomic E-state index is 0.0331. The highest BCUT2D eigenvalue weighted by molar-refractivity contribution is 6.56. The highest BCUT2D eigenvalue weighted by Gasteiger charge is 2.43. The number of hydrogen-bond acceptors (Lipinski definition) is 5. The summed E-state index contributed by atoms with van der Waals surface area (Å²) in [5, 5.41) is -0.562. The maximum atomic E-state index is 13.2. The minimum Gasteiger partial charge on any atom is -0.426 e. The molecule has 1 fully saturated rings. The standard InChI is InChI=1S/C28H20Cl4N2O5/c1-12-5-4-6-13(2)25(12)33-11-15(10-18(33)35)28(38)39-16-7-8-17(14(3)9-16)34-26(36)19-20(27(34)37)22(30)24(32)23(31)21(19)29/h4-9,15H,10-11H2,1-3H3/t15-/m1/s1. The van der Waals surface area contributed by atoms with Gasteiger partial charge in [-0.2, -0.15) is 0 Å². The molecule has 5 rings (SSSR count). The van der Waals surface area contributed by atoms with Crippen molar-refractivity contribution in [3.05, 3.63) is 84.3 Å². The second-order valence-electron chi connectivity index (χ2n) is 9.47. The van der Waals surface area contributed by atoms with Crippen molar-refractivity contribution < 1.29 is 23.9 Å². The fourth-order valence-corrected chi connectivity index (χ4v) is 6.04. The van der Waals surface area contributed by atoms with Gasteiger partial charge in [-0.25, -0.2) is 4.90 Å². The molecule has 0 aromatic heterocycles. The normalized spacial score (nSPS) is 16.8. The fourth-order valence-electron chi connectivity index (χ4n) is 5.02. The number of carbonyl (C=O) groups is 4. The Morgan fingerprint density at radius 1 is 0.821 bits per heavy atom. The molecule has 1 saturated heterocycles. The Bertz CT molecular complexity index is 1550. The summed E-state index contributed by atoms with van der Waals surface area (Å²) in [5.41, 5.74) is 3.16. The second kappa shape index (κ2) is 10.1.